The molecule has 0 radical (unpaired) electrons. The van der Waals surface area contributed by atoms with E-state index in [0.717, 1.165) is 17.8 Å². The standard InChI is InChI=1S/C22H25F2N3O/c1-4-11-27-20-12-18(24)9-10-19(20)25-21(27)14-26(13-15(2)3)22(28)16-5-7-17(23)8-6-16/h5-10,12,15H,4,11,13-14H2,1-3H3. The lowest BCUT2D eigenvalue weighted by Crippen LogP contribution is -2.34. The molecule has 0 saturated heterocycles. The predicted octanol–water partition coefficient (Wildman–Crippen LogP) is 5.02. The summed E-state index contributed by atoms with van der Waals surface area (Å²) in [4.78, 5) is 19.4. The summed E-state index contributed by atoms with van der Waals surface area (Å²) in [6, 6.07) is 10.1. The average Bonchev–Trinajstić information content (AvgIpc) is 2.98. The number of benzene rings is 2. The zero-order valence-electron chi connectivity index (χ0n) is 16.5. The second kappa shape index (κ2) is 8.50. The molecule has 3 aromatic rings. The Morgan fingerprint density at radius 3 is 2.43 bits per heavy atom. The Labute approximate surface area is 163 Å². The summed E-state index contributed by atoms with van der Waals surface area (Å²) in [7, 11) is 0. The largest absolute Gasteiger partial charge is 0.331 e. The molecule has 1 heterocycles. The maximum absolute atomic E-state index is 13.7. The van der Waals surface area contributed by atoms with E-state index in [4.69, 9.17) is 0 Å². The van der Waals surface area contributed by atoms with E-state index in [9.17, 15) is 13.6 Å². The van der Waals surface area contributed by atoms with Crippen LogP contribution in [0.4, 0.5) is 8.78 Å². The van der Waals surface area contributed by atoms with Gasteiger partial charge in [-0.1, -0.05) is 20.8 Å². The first kappa shape index (κ1) is 20.0. The number of imidazole rings is 1. The summed E-state index contributed by atoms with van der Waals surface area (Å²) in [5.41, 5.74) is 1.88. The Morgan fingerprint density at radius 2 is 1.79 bits per heavy atom. The molecule has 0 bridgehead atoms. The van der Waals surface area contributed by atoms with Crippen LogP contribution in [0.15, 0.2) is 42.5 Å². The molecule has 1 amide bonds. The van der Waals surface area contributed by atoms with Crippen LogP contribution in [0.3, 0.4) is 0 Å². The van der Waals surface area contributed by atoms with Crippen LogP contribution < -0.4 is 0 Å². The molecule has 0 unspecified atom stereocenters. The predicted molar refractivity (Wildman–Crippen MR) is 106 cm³/mol. The van der Waals surface area contributed by atoms with Crippen molar-refractivity contribution in [2.75, 3.05) is 6.54 Å². The summed E-state index contributed by atoms with van der Waals surface area (Å²) in [5, 5.41) is 0. The highest BCUT2D eigenvalue weighted by molar-refractivity contribution is 5.94. The van der Waals surface area contributed by atoms with Crippen molar-refractivity contribution in [3.05, 3.63) is 65.5 Å². The van der Waals surface area contributed by atoms with Crippen molar-refractivity contribution in [2.24, 2.45) is 5.92 Å². The summed E-state index contributed by atoms with van der Waals surface area (Å²) >= 11 is 0. The molecule has 0 aliphatic heterocycles. The molecular formula is C22H25F2N3O. The van der Waals surface area contributed by atoms with Gasteiger partial charge < -0.3 is 9.47 Å². The van der Waals surface area contributed by atoms with Crippen LogP contribution >= 0.6 is 0 Å². The first-order valence-electron chi connectivity index (χ1n) is 9.58. The van der Waals surface area contributed by atoms with Crippen molar-refractivity contribution < 1.29 is 13.6 Å². The zero-order valence-corrected chi connectivity index (χ0v) is 16.5. The Hall–Kier alpha value is -2.76. The third kappa shape index (κ3) is 4.38. The third-order valence-corrected chi connectivity index (χ3v) is 4.53. The number of aromatic nitrogens is 2. The van der Waals surface area contributed by atoms with Crippen molar-refractivity contribution in [3.63, 3.8) is 0 Å². The highest BCUT2D eigenvalue weighted by Gasteiger charge is 2.21. The van der Waals surface area contributed by atoms with Crippen LogP contribution in [0, 0.1) is 17.6 Å². The van der Waals surface area contributed by atoms with Crippen molar-refractivity contribution in [1.82, 2.24) is 14.5 Å². The van der Waals surface area contributed by atoms with Crippen LogP contribution in [0.5, 0.6) is 0 Å². The number of rotatable bonds is 7. The summed E-state index contributed by atoms with van der Waals surface area (Å²) in [6.45, 7) is 7.66. The van der Waals surface area contributed by atoms with E-state index in [-0.39, 0.29) is 23.5 Å². The van der Waals surface area contributed by atoms with Gasteiger partial charge in [0, 0.05) is 18.7 Å². The minimum atomic E-state index is -0.376. The van der Waals surface area contributed by atoms with E-state index in [0.29, 0.717) is 30.7 Å². The van der Waals surface area contributed by atoms with Gasteiger partial charge in [-0.2, -0.15) is 0 Å². The van der Waals surface area contributed by atoms with Crippen LogP contribution in [0.1, 0.15) is 43.4 Å². The number of hydrogen-bond donors (Lipinski definition) is 0. The smallest absolute Gasteiger partial charge is 0.254 e. The normalized spacial score (nSPS) is 11.4. The number of nitrogens with zero attached hydrogens (tertiary/aromatic N) is 3. The Bertz CT molecular complexity index is 964. The van der Waals surface area contributed by atoms with Crippen molar-refractivity contribution in [2.45, 2.75) is 40.3 Å². The molecule has 2 aromatic carbocycles. The van der Waals surface area contributed by atoms with Crippen LogP contribution in [0.25, 0.3) is 11.0 Å². The average molecular weight is 385 g/mol. The summed E-state index contributed by atoms with van der Waals surface area (Å²) in [5.74, 6) is 0.121. The van der Waals surface area contributed by atoms with Gasteiger partial charge in [0.15, 0.2) is 0 Å². The van der Waals surface area contributed by atoms with E-state index in [1.807, 2.05) is 25.3 Å². The molecule has 0 saturated carbocycles. The van der Waals surface area contributed by atoms with Gasteiger partial charge in [0.05, 0.1) is 17.6 Å². The number of aryl methyl sites for hydroxylation is 1. The van der Waals surface area contributed by atoms with E-state index in [1.54, 1.807) is 11.0 Å². The van der Waals surface area contributed by atoms with Crippen LogP contribution in [-0.4, -0.2) is 26.9 Å². The molecule has 0 atom stereocenters. The fraction of sp³-hybridized carbons (Fsp3) is 0.364. The third-order valence-electron chi connectivity index (χ3n) is 4.53. The first-order valence-corrected chi connectivity index (χ1v) is 9.58. The lowest BCUT2D eigenvalue weighted by Gasteiger charge is -2.25. The minimum absolute atomic E-state index is 0.171. The first-order chi connectivity index (χ1) is 13.4. The molecule has 28 heavy (non-hydrogen) atoms. The molecule has 0 aliphatic carbocycles. The van der Waals surface area contributed by atoms with Gasteiger partial charge in [-0.3, -0.25) is 4.79 Å². The van der Waals surface area contributed by atoms with Gasteiger partial charge in [0.25, 0.3) is 5.91 Å². The van der Waals surface area contributed by atoms with Gasteiger partial charge in [-0.15, -0.1) is 0 Å². The number of carbonyl (C=O) groups is 1. The molecule has 0 aliphatic rings. The fourth-order valence-electron chi connectivity index (χ4n) is 3.35. The van der Waals surface area contributed by atoms with E-state index in [1.165, 1.54) is 36.4 Å². The molecule has 0 fully saturated rings. The molecular weight excluding hydrogens is 360 g/mol. The molecule has 6 heteroatoms. The van der Waals surface area contributed by atoms with Crippen molar-refractivity contribution in [3.8, 4) is 0 Å². The Balaban J connectivity index is 1.97. The number of carbonyl (C=O) groups excluding carboxylic acids is 1. The Kier molecular flexibility index (Phi) is 6.07. The van der Waals surface area contributed by atoms with Gasteiger partial charge in [-0.05, 0) is 54.8 Å². The highest BCUT2D eigenvalue weighted by Crippen LogP contribution is 2.21. The lowest BCUT2D eigenvalue weighted by atomic mass is 10.1. The maximum Gasteiger partial charge on any atom is 0.254 e. The molecule has 0 N–H and O–H groups in total. The maximum atomic E-state index is 13.7. The molecule has 3 rings (SSSR count). The number of halogens is 2. The highest BCUT2D eigenvalue weighted by atomic mass is 19.1. The summed E-state index contributed by atoms with van der Waals surface area (Å²) < 4.78 is 29.0. The topological polar surface area (TPSA) is 38.1 Å². The lowest BCUT2D eigenvalue weighted by molar-refractivity contribution is 0.0716. The van der Waals surface area contributed by atoms with E-state index < -0.39 is 0 Å². The van der Waals surface area contributed by atoms with Crippen LogP contribution in [-0.2, 0) is 13.1 Å². The minimum Gasteiger partial charge on any atom is -0.331 e. The number of fused-ring (bicyclic) bond motifs is 1. The molecule has 4 nitrogen and oxygen atoms in total. The van der Waals surface area contributed by atoms with E-state index >= 15 is 0 Å². The zero-order chi connectivity index (χ0) is 20.3. The van der Waals surface area contributed by atoms with Gasteiger partial charge in [0.2, 0.25) is 0 Å². The van der Waals surface area contributed by atoms with Gasteiger partial charge in [-0.25, -0.2) is 13.8 Å². The van der Waals surface area contributed by atoms with Gasteiger partial charge >= 0.3 is 0 Å². The number of amides is 1. The second-order valence-electron chi connectivity index (χ2n) is 7.40. The van der Waals surface area contributed by atoms with E-state index in [2.05, 4.69) is 4.98 Å². The quantitative estimate of drug-likeness (QED) is 0.573. The monoisotopic (exact) mass is 385 g/mol. The molecule has 0 spiro atoms. The fourth-order valence-corrected chi connectivity index (χ4v) is 3.35. The number of hydrogen-bond acceptors (Lipinski definition) is 2. The van der Waals surface area contributed by atoms with Crippen molar-refractivity contribution in [1.29, 1.82) is 0 Å². The van der Waals surface area contributed by atoms with Crippen LogP contribution in [0.2, 0.25) is 0 Å². The second-order valence-corrected chi connectivity index (χ2v) is 7.40. The molecule has 148 valence electrons. The molecule has 1 aromatic heterocycles. The van der Waals surface area contributed by atoms with Gasteiger partial charge in [0.1, 0.15) is 17.5 Å². The summed E-state index contributed by atoms with van der Waals surface area (Å²) in [6.07, 6.45) is 0.866. The Morgan fingerprint density at radius 1 is 1.11 bits per heavy atom. The van der Waals surface area contributed by atoms with Crippen molar-refractivity contribution >= 4 is 16.9 Å². The SMILES string of the molecule is CCCn1c(CN(CC(C)C)C(=O)c2ccc(F)cc2)nc2ccc(F)cc21.